The van der Waals surface area contributed by atoms with Gasteiger partial charge in [-0.2, -0.15) is 0 Å². The summed E-state index contributed by atoms with van der Waals surface area (Å²) in [5.41, 5.74) is 2.89. The Bertz CT molecular complexity index is 622. The summed E-state index contributed by atoms with van der Waals surface area (Å²) in [4.78, 5) is 12.2. The number of aryl methyl sites for hydroxylation is 1. The molecule has 0 saturated carbocycles. The minimum atomic E-state index is -0.575. The van der Waals surface area contributed by atoms with E-state index in [1.807, 2.05) is 55.5 Å². The van der Waals surface area contributed by atoms with Gasteiger partial charge in [0, 0.05) is 12.8 Å². The molecule has 1 atom stereocenters. The first kappa shape index (κ1) is 16.0. The quantitative estimate of drug-likeness (QED) is 0.887. The number of benzene rings is 2. The molecule has 1 N–H and O–H groups in total. The topological polar surface area (TPSA) is 47.6 Å². The van der Waals surface area contributed by atoms with Crippen molar-refractivity contribution in [3.05, 3.63) is 59.7 Å². The Balaban J connectivity index is 1.96. The Hall–Kier alpha value is -2.33. The van der Waals surface area contributed by atoms with E-state index in [9.17, 15) is 4.79 Å². The summed E-state index contributed by atoms with van der Waals surface area (Å²) in [7, 11) is 1.64. The Kier molecular flexibility index (Phi) is 5.55. The van der Waals surface area contributed by atoms with Crippen LogP contribution in [-0.4, -0.2) is 19.1 Å². The maximum Gasteiger partial charge on any atom is 0.265 e. The van der Waals surface area contributed by atoms with Crippen LogP contribution in [0.2, 0.25) is 0 Å². The van der Waals surface area contributed by atoms with Crippen molar-refractivity contribution in [1.29, 1.82) is 0 Å². The monoisotopic (exact) mass is 299 g/mol. The predicted molar refractivity (Wildman–Crippen MR) is 87.1 cm³/mol. The summed E-state index contributed by atoms with van der Waals surface area (Å²) in [6, 6.07) is 15.2. The molecule has 2 aromatic rings. The number of amides is 1. The molecule has 0 aromatic heterocycles. The van der Waals surface area contributed by atoms with Gasteiger partial charge in [0.25, 0.3) is 5.91 Å². The maximum atomic E-state index is 12.2. The zero-order valence-corrected chi connectivity index (χ0v) is 13.1. The predicted octanol–water partition coefficient (Wildman–Crippen LogP) is 3.55. The number of hydrogen-bond donors (Lipinski definition) is 1. The normalized spacial score (nSPS) is 11.8. The second-order valence-electron chi connectivity index (χ2n) is 5.20. The molecule has 0 saturated heterocycles. The second-order valence-corrected chi connectivity index (χ2v) is 5.20. The molecule has 0 aliphatic rings. The summed E-state index contributed by atoms with van der Waals surface area (Å²) in [6.07, 6.45) is -0.575. The number of carbonyl (C=O) groups is 1. The summed E-state index contributed by atoms with van der Waals surface area (Å²) < 4.78 is 10.7. The maximum absolute atomic E-state index is 12.2. The second kappa shape index (κ2) is 7.61. The average Bonchev–Trinajstić information content (AvgIpc) is 2.50. The Morgan fingerprint density at radius 3 is 2.59 bits per heavy atom. The number of carbonyl (C=O) groups excluding carboxylic acids is 1. The lowest BCUT2D eigenvalue weighted by molar-refractivity contribution is -0.122. The smallest absolute Gasteiger partial charge is 0.265 e. The van der Waals surface area contributed by atoms with Crippen LogP contribution >= 0.6 is 0 Å². The van der Waals surface area contributed by atoms with Crippen molar-refractivity contribution in [2.24, 2.45) is 0 Å². The number of ether oxygens (including phenoxy) is 2. The average molecular weight is 299 g/mol. The molecule has 2 aromatic carbocycles. The van der Waals surface area contributed by atoms with E-state index in [0.29, 0.717) is 12.4 Å². The highest BCUT2D eigenvalue weighted by Crippen LogP contribution is 2.15. The standard InChI is InChI=1S/C18H21NO3/c1-13-7-9-17(10-8-13)22-14(2)18(20)19-16-6-4-5-15(11-16)12-21-3/h4-11,14H,12H2,1-3H3,(H,19,20)/t14-/m1/s1. The number of anilines is 1. The van der Waals surface area contributed by atoms with Crippen LogP contribution in [0.5, 0.6) is 5.75 Å². The summed E-state index contributed by atoms with van der Waals surface area (Å²) >= 11 is 0. The van der Waals surface area contributed by atoms with E-state index in [2.05, 4.69) is 5.32 Å². The number of methoxy groups -OCH3 is 1. The highest BCUT2D eigenvalue weighted by molar-refractivity contribution is 5.94. The molecule has 0 radical (unpaired) electrons. The zero-order chi connectivity index (χ0) is 15.9. The van der Waals surface area contributed by atoms with E-state index in [0.717, 1.165) is 16.8 Å². The molecule has 0 bridgehead atoms. The molecule has 0 heterocycles. The third kappa shape index (κ3) is 4.60. The fourth-order valence-corrected chi connectivity index (χ4v) is 2.02. The molecule has 4 heteroatoms. The molecule has 22 heavy (non-hydrogen) atoms. The minimum Gasteiger partial charge on any atom is -0.481 e. The summed E-state index contributed by atoms with van der Waals surface area (Å²) in [5.74, 6) is 0.497. The molecule has 2 rings (SSSR count). The van der Waals surface area contributed by atoms with Gasteiger partial charge in [-0.3, -0.25) is 4.79 Å². The van der Waals surface area contributed by atoms with Crippen LogP contribution in [-0.2, 0) is 16.1 Å². The third-order valence-electron chi connectivity index (χ3n) is 3.21. The molecule has 4 nitrogen and oxygen atoms in total. The molecular formula is C18H21NO3. The molecule has 0 aliphatic carbocycles. The molecule has 116 valence electrons. The van der Waals surface area contributed by atoms with Crippen LogP contribution in [0.15, 0.2) is 48.5 Å². The van der Waals surface area contributed by atoms with E-state index < -0.39 is 6.10 Å². The van der Waals surface area contributed by atoms with Gasteiger partial charge in [-0.25, -0.2) is 0 Å². The number of nitrogens with one attached hydrogen (secondary N) is 1. The van der Waals surface area contributed by atoms with Crippen molar-refractivity contribution < 1.29 is 14.3 Å². The minimum absolute atomic E-state index is 0.185. The van der Waals surface area contributed by atoms with Gasteiger partial charge in [0.2, 0.25) is 0 Å². The summed E-state index contributed by atoms with van der Waals surface area (Å²) in [6.45, 7) is 4.25. The molecule has 0 fully saturated rings. The van der Waals surface area contributed by atoms with Crippen LogP contribution in [0, 0.1) is 6.92 Å². The van der Waals surface area contributed by atoms with Crippen LogP contribution in [0.3, 0.4) is 0 Å². The molecule has 0 aliphatic heterocycles. The lowest BCUT2D eigenvalue weighted by Gasteiger charge is -2.15. The molecule has 1 amide bonds. The lowest BCUT2D eigenvalue weighted by atomic mass is 10.2. The SMILES string of the molecule is COCc1cccc(NC(=O)[C@@H](C)Oc2ccc(C)cc2)c1. The Morgan fingerprint density at radius 2 is 1.91 bits per heavy atom. The van der Waals surface area contributed by atoms with Crippen LogP contribution in [0.1, 0.15) is 18.1 Å². The zero-order valence-electron chi connectivity index (χ0n) is 13.1. The Morgan fingerprint density at radius 1 is 1.18 bits per heavy atom. The number of rotatable bonds is 6. The van der Waals surface area contributed by atoms with E-state index in [-0.39, 0.29) is 5.91 Å². The first-order valence-electron chi connectivity index (χ1n) is 7.20. The van der Waals surface area contributed by atoms with Gasteiger partial charge >= 0.3 is 0 Å². The van der Waals surface area contributed by atoms with Crippen molar-refractivity contribution in [2.75, 3.05) is 12.4 Å². The molecule has 0 unspecified atom stereocenters. The van der Waals surface area contributed by atoms with Gasteiger partial charge in [-0.05, 0) is 43.7 Å². The summed E-state index contributed by atoms with van der Waals surface area (Å²) in [5, 5.41) is 2.85. The number of hydrogen-bond acceptors (Lipinski definition) is 3. The van der Waals surface area contributed by atoms with E-state index in [4.69, 9.17) is 9.47 Å². The van der Waals surface area contributed by atoms with Crippen molar-refractivity contribution in [2.45, 2.75) is 26.6 Å². The van der Waals surface area contributed by atoms with Crippen molar-refractivity contribution in [3.8, 4) is 5.75 Å². The van der Waals surface area contributed by atoms with Crippen LogP contribution in [0.25, 0.3) is 0 Å². The fourth-order valence-electron chi connectivity index (χ4n) is 2.02. The first-order chi connectivity index (χ1) is 10.6. The largest absolute Gasteiger partial charge is 0.481 e. The van der Waals surface area contributed by atoms with Gasteiger partial charge in [0.05, 0.1) is 6.61 Å². The Labute approximate surface area is 131 Å². The van der Waals surface area contributed by atoms with E-state index >= 15 is 0 Å². The van der Waals surface area contributed by atoms with Crippen molar-refractivity contribution in [3.63, 3.8) is 0 Å². The molecule has 0 spiro atoms. The first-order valence-corrected chi connectivity index (χ1v) is 7.20. The van der Waals surface area contributed by atoms with Crippen molar-refractivity contribution >= 4 is 11.6 Å². The lowest BCUT2D eigenvalue weighted by Crippen LogP contribution is -2.30. The third-order valence-corrected chi connectivity index (χ3v) is 3.21. The van der Waals surface area contributed by atoms with Crippen LogP contribution < -0.4 is 10.1 Å². The highest BCUT2D eigenvalue weighted by Gasteiger charge is 2.14. The van der Waals surface area contributed by atoms with E-state index in [1.165, 1.54) is 0 Å². The highest BCUT2D eigenvalue weighted by atomic mass is 16.5. The van der Waals surface area contributed by atoms with Gasteiger partial charge in [-0.15, -0.1) is 0 Å². The molecular weight excluding hydrogens is 278 g/mol. The van der Waals surface area contributed by atoms with Gasteiger partial charge in [-0.1, -0.05) is 29.8 Å². The van der Waals surface area contributed by atoms with E-state index in [1.54, 1.807) is 14.0 Å². The van der Waals surface area contributed by atoms with Crippen molar-refractivity contribution in [1.82, 2.24) is 0 Å². The van der Waals surface area contributed by atoms with Gasteiger partial charge < -0.3 is 14.8 Å². The van der Waals surface area contributed by atoms with Gasteiger partial charge in [0.15, 0.2) is 6.10 Å². The van der Waals surface area contributed by atoms with Gasteiger partial charge in [0.1, 0.15) is 5.75 Å². The fraction of sp³-hybridized carbons (Fsp3) is 0.278. The van der Waals surface area contributed by atoms with Crippen LogP contribution in [0.4, 0.5) is 5.69 Å².